The van der Waals surface area contributed by atoms with Gasteiger partial charge in [-0.1, -0.05) is 11.6 Å². The first-order valence-corrected chi connectivity index (χ1v) is 4.24. The van der Waals surface area contributed by atoms with E-state index in [1.807, 2.05) is 19.2 Å². The van der Waals surface area contributed by atoms with Crippen LogP contribution in [0.25, 0.3) is 11.3 Å². The molecule has 0 amide bonds. The van der Waals surface area contributed by atoms with Gasteiger partial charge in [-0.05, 0) is 12.1 Å². The van der Waals surface area contributed by atoms with Crippen LogP contribution in [0.1, 0.15) is 0 Å². The number of halogens is 1. The van der Waals surface area contributed by atoms with Crippen LogP contribution < -0.4 is 0 Å². The molecule has 0 aromatic carbocycles. The lowest BCUT2D eigenvalue weighted by Gasteiger charge is -2.00. The Morgan fingerprint density at radius 3 is 2.85 bits per heavy atom. The summed E-state index contributed by atoms with van der Waals surface area (Å²) in [4.78, 5) is 4.01. The Balaban J connectivity index is 2.53. The van der Waals surface area contributed by atoms with Crippen LogP contribution in [0.15, 0.2) is 30.7 Å². The first-order valence-electron chi connectivity index (χ1n) is 3.86. The molecule has 0 atom stereocenters. The molecule has 2 heterocycles. The summed E-state index contributed by atoms with van der Waals surface area (Å²) in [6.07, 6.45) is 5.13. The summed E-state index contributed by atoms with van der Waals surface area (Å²) in [7, 11) is 1.89. The van der Waals surface area contributed by atoms with Crippen LogP contribution in [0.3, 0.4) is 0 Å². The smallest absolute Gasteiger partial charge is 0.0694 e. The van der Waals surface area contributed by atoms with Gasteiger partial charge < -0.3 is 0 Å². The summed E-state index contributed by atoms with van der Waals surface area (Å²) in [5, 5.41) is 4.71. The van der Waals surface area contributed by atoms with E-state index in [2.05, 4.69) is 10.1 Å². The zero-order valence-corrected chi connectivity index (χ0v) is 7.86. The highest BCUT2D eigenvalue weighted by Gasteiger charge is 2.02. The number of rotatable bonds is 1. The molecule has 2 rings (SSSR count). The summed E-state index contributed by atoms with van der Waals surface area (Å²) < 4.78 is 1.79. The molecule has 66 valence electrons. The standard InChI is InChI=1S/C9H8ClN3/c1-13-9(2-3-12-13)7-4-8(10)6-11-5-7/h2-6H,1H3. The van der Waals surface area contributed by atoms with E-state index in [-0.39, 0.29) is 0 Å². The van der Waals surface area contributed by atoms with Crippen LogP contribution >= 0.6 is 11.6 Å². The number of hydrogen-bond donors (Lipinski definition) is 0. The zero-order chi connectivity index (χ0) is 9.26. The summed E-state index contributed by atoms with van der Waals surface area (Å²) in [5.74, 6) is 0. The van der Waals surface area contributed by atoms with Gasteiger partial charge >= 0.3 is 0 Å². The zero-order valence-electron chi connectivity index (χ0n) is 7.11. The van der Waals surface area contributed by atoms with E-state index in [1.165, 1.54) is 0 Å². The first-order chi connectivity index (χ1) is 6.27. The van der Waals surface area contributed by atoms with Crippen molar-refractivity contribution in [2.45, 2.75) is 0 Å². The molecule has 2 aromatic rings. The SMILES string of the molecule is Cn1nccc1-c1cncc(Cl)c1. The molecule has 3 nitrogen and oxygen atoms in total. The maximum absolute atomic E-state index is 5.82. The molecule has 0 radical (unpaired) electrons. The fourth-order valence-electron chi connectivity index (χ4n) is 1.21. The van der Waals surface area contributed by atoms with Crippen LogP contribution in [0.2, 0.25) is 5.02 Å². The lowest BCUT2D eigenvalue weighted by Crippen LogP contribution is -1.93. The topological polar surface area (TPSA) is 30.7 Å². The quantitative estimate of drug-likeness (QED) is 0.695. The Morgan fingerprint density at radius 2 is 2.23 bits per heavy atom. The van der Waals surface area contributed by atoms with Gasteiger partial charge in [0.25, 0.3) is 0 Å². The number of hydrogen-bond acceptors (Lipinski definition) is 2. The molecule has 0 N–H and O–H groups in total. The molecule has 0 aliphatic carbocycles. The third kappa shape index (κ3) is 1.55. The van der Waals surface area contributed by atoms with Crippen LogP contribution in [-0.2, 0) is 7.05 Å². The molecule has 4 heteroatoms. The molecule has 0 saturated heterocycles. The van der Waals surface area contributed by atoms with Gasteiger partial charge in [0.2, 0.25) is 0 Å². The van der Waals surface area contributed by atoms with E-state index in [9.17, 15) is 0 Å². The van der Waals surface area contributed by atoms with Gasteiger partial charge in [-0.15, -0.1) is 0 Å². The van der Waals surface area contributed by atoms with Crippen molar-refractivity contribution in [1.29, 1.82) is 0 Å². The average Bonchev–Trinajstić information content (AvgIpc) is 2.51. The Morgan fingerprint density at radius 1 is 1.38 bits per heavy atom. The summed E-state index contributed by atoms with van der Waals surface area (Å²) in [5.41, 5.74) is 1.99. The van der Waals surface area contributed by atoms with Crippen molar-refractivity contribution in [3.05, 3.63) is 35.7 Å². The summed E-state index contributed by atoms with van der Waals surface area (Å²) >= 11 is 5.82. The van der Waals surface area contributed by atoms with Gasteiger partial charge in [-0.3, -0.25) is 9.67 Å². The second-order valence-corrected chi connectivity index (χ2v) is 3.17. The molecule has 0 aliphatic rings. The fraction of sp³-hybridized carbons (Fsp3) is 0.111. The highest BCUT2D eigenvalue weighted by atomic mass is 35.5. The highest BCUT2D eigenvalue weighted by Crippen LogP contribution is 2.19. The van der Waals surface area contributed by atoms with Crippen LogP contribution in [0, 0.1) is 0 Å². The molecule has 0 unspecified atom stereocenters. The monoisotopic (exact) mass is 193 g/mol. The largest absolute Gasteiger partial charge is 0.268 e. The van der Waals surface area contributed by atoms with Crippen LogP contribution in [-0.4, -0.2) is 14.8 Å². The predicted molar refractivity (Wildman–Crippen MR) is 51.4 cm³/mol. The van der Waals surface area contributed by atoms with Gasteiger partial charge in [-0.25, -0.2) is 0 Å². The summed E-state index contributed by atoms with van der Waals surface area (Å²) in [6, 6.07) is 3.79. The van der Waals surface area contributed by atoms with Gasteiger partial charge in [-0.2, -0.15) is 5.10 Å². The predicted octanol–water partition coefficient (Wildman–Crippen LogP) is 2.14. The van der Waals surface area contributed by atoms with Crippen molar-refractivity contribution in [1.82, 2.24) is 14.8 Å². The van der Waals surface area contributed by atoms with Gasteiger partial charge in [0.15, 0.2) is 0 Å². The lowest BCUT2D eigenvalue weighted by molar-refractivity contribution is 0.775. The summed E-state index contributed by atoms with van der Waals surface area (Å²) in [6.45, 7) is 0. The molecule has 0 fully saturated rings. The van der Waals surface area contributed by atoms with E-state index in [1.54, 1.807) is 23.3 Å². The average molecular weight is 194 g/mol. The van der Waals surface area contributed by atoms with Crippen molar-refractivity contribution in [2.24, 2.45) is 7.05 Å². The van der Waals surface area contributed by atoms with E-state index in [0.717, 1.165) is 11.3 Å². The van der Waals surface area contributed by atoms with Gasteiger partial charge in [0, 0.05) is 31.2 Å². The first kappa shape index (κ1) is 8.26. The van der Waals surface area contributed by atoms with Gasteiger partial charge in [0.05, 0.1) is 10.7 Å². The third-order valence-corrected chi connectivity index (χ3v) is 2.03. The minimum atomic E-state index is 0.638. The van der Waals surface area contributed by atoms with E-state index < -0.39 is 0 Å². The Bertz CT molecular complexity index is 422. The number of nitrogens with zero attached hydrogens (tertiary/aromatic N) is 3. The van der Waals surface area contributed by atoms with Crippen molar-refractivity contribution < 1.29 is 0 Å². The van der Waals surface area contributed by atoms with Crippen LogP contribution in [0.4, 0.5) is 0 Å². The maximum atomic E-state index is 5.82. The number of pyridine rings is 1. The maximum Gasteiger partial charge on any atom is 0.0694 e. The lowest BCUT2D eigenvalue weighted by atomic mass is 10.2. The molecule has 0 bridgehead atoms. The molecular weight excluding hydrogens is 186 g/mol. The van der Waals surface area contributed by atoms with Crippen molar-refractivity contribution >= 4 is 11.6 Å². The van der Waals surface area contributed by atoms with Crippen molar-refractivity contribution in [3.63, 3.8) is 0 Å². The second kappa shape index (κ2) is 3.18. The molecule has 0 spiro atoms. The highest BCUT2D eigenvalue weighted by molar-refractivity contribution is 6.30. The Labute approximate surface area is 81.0 Å². The van der Waals surface area contributed by atoms with E-state index >= 15 is 0 Å². The minimum Gasteiger partial charge on any atom is -0.268 e. The number of aromatic nitrogens is 3. The molecule has 0 aliphatic heterocycles. The van der Waals surface area contributed by atoms with Crippen molar-refractivity contribution in [2.75, 3.05) is 0 Å². The van der Waals surface area contributed by atoms with Gasteiger partial charge in [0.1, 0.15) is 0 Å². The van der Waals surface area contributed by atoms with E-state index in [4.69, 9.17) is 11.6 Å². The second-order valence-electron chi connectivity index (χ2n) is 2.73. The molecular formula is C9H8ClN3. The Hall–Kier alpha value is -1.35. The number of aryl methyl sites for hydroxylation is 1. The molecule has 0 saturated carbocycles. The minimum absolute atomic E-state index is 0.638. The van der Waals surface area contributed by atoms with Crippen LogP contribution in [0.5, 0.6) is 0 Å². The van der Waals surface area contributed by atoms with E-state index in [0.29, 0.717) is 5.02 Å². The molecule has 13 heavy (non-hydrogen) atoms. The Kier molecular flexibility index (Phi) is 2.02. The third-order valence-electron chi connectivity index (χ3n) is 1.82. The van der Waals surface area contributed by atoms with Crippen molar-refractivity contribution in [3.8, 4) is 11.3 Å². The normalized spacial score (nSPS) is 10.3. The fourth-order valence-corrected chi connectivity index (χ4v) is 1.38. The molecule has 2 aromatic heterocycles.